The molecule has 1 saturated carbocycles. The molecule has 30 heavy (non-hydrogen) atoms. The Morgan fingerprint density at radius 3 is 2.50 bits per heavy atom. The van der Waals surface area contributed by atoms with Crippen LogP contribution in [0, 0.1) is 0 Å². The van der Waals surface area contributed by atoms with Gasteiger partial charge in [-0.15, -0.1) is 0 Å². The van der Waals surface area contributed by atoms with Gasteiger partial charge in [0.15, 0.2) is 0 Å². The molecular formula is C22H22N4O4. The minimum atomic E-state index is -0.519. The first-order valence-electron chi connectivity index (χ1n) is 9.89. The Kier molecular flexibility index (Phi) is 5.47. The smallest absolute Gasteiger partial charge is 0.351 e. The van der Waals surface area contributed by atoms with Crippen molar-refractivity contribution < 1.29 is 14.3 Å². The molecule has 0 unspecified atom stereocenters. The minimum Gasteiger partial charge on any atom is -0.462 e. The standard InChI is InChI=1S/C22H22N4O4/c1-2-30-21(28)17-10-6-7-11-18(17)23-19(27)14-25-22(29)26(16-8-4-3-5-9-16)20(24-25)15-12-13-15/h3-11,15H,2,12-14H2,1H3,(H,23,27). The summed E-state index contributed by atoms with van der Waals surface area (Å²) in [5.41, 5.74) is 0.952. The number of carbonyl (C=O) groups excluding carboxylic acids is 2. The van der Waals surface area contributed by atoms with Crippen molar-refractivity contribution in [3.05, 3.63) is 76.5 Å². The summed E-state index contributed by atoms with van der Waals surface area (Å²) in [7, 11) is 0. The van der Waals surface area contributed by atoms with Gasteiger partial charge in [0, 0.05) is 5.92 Å². The zero-order valence-corrected chi connectivity index (χ0v) is 16.6. The molecule has 4 rings (SSSR count). The van der Waals surface area contributed by atoms with Crippen LogP contribution in [0.25, 0.3) is 5.69 Å². The predicted octanol–water partition coefficient (Wildman–Crippen LogP) is 2.73. The second-order valence-corrected chi connectivity index (χ2v) is 7.06. The number of esters is 1. The van der Waals surface area contributed by atoms with Gasteiger partial charge in [-0.05, 0) is 44.0 Å². The maximum atomic E-state index is 13.0. The third-order valence-electron chi connectivity index (χ3n) is 4.81. The number of benzene rings is 2. The van der Waals surface area contributed by atoms with E-state index < -0.39 is 11.9 Å². The van der Waals surface area contributed by atoms with Gasteiger partial charge >= 0.3 is 11.7 Å². The fourth-order valence-corrected chi connectivity index (χ4v) is 3.26. The summed E-state index contributed by atoms with van der Waals surface area (Å²) in [5, 5.41) is 7.12. The van der Waals surface area contributed by atoms with Crippen molar-refractivity contribution in [1.82, 2.24) is 14.3 Å². The highest BCUT2D eigenvalue weighted by Crippen LogP contribution is 2.39. The van der Waals surface area contributed by atoms with Crippen LogP contribution in [0.15, 0.2) is 59.4 Å². The maximum absolute atomic E-state index is 13.0. The molecule has 1 N–H and O–H groups in total. The first kappa shape index (κ1) is 19.6. The number of amides is 1. The summed E-state index contributed by atoms with van der Waals surface area (Å²) in [5.74, 6) is -0.0680. The summed E-state index contributed by atoms with van der Waals surface area (Å²) in [6.45, 7) is 1.69. The fraction of sp³-hybridized carbons (Fsp3) is 0.273. The van der Waals surface area contributed by atoms with E-state index in [2.05, 4.69) is 10.4 Å². The van der Waals surface area contributed by atoms with E-state index in [1.165, 1.54) is 4.68 Å². The molecular weight excluding hydrogens is 384 g/mol. The van der Waals surface area contributed by atoms with Crippen LogP contribution in [0.5, 0.6) is 0 Å². The highest BCUT2D eigenvalue weighted by molar-refractivity contribution is 6.01. The molecule has 1 aliphatic rings. The number of ether oxygens (including phenoxy) is 1. The van der Waals surface area contributed by atoms with Crippen LogP contribution in [0.3, 0.4) is 0 Å². The molecule has 0 atom stereocenters. The molecule has 0 aliphatic heterocycles. The number of hydrogen-bond donors (Lipinski definition) is 1. The molecule has 8 heteroatoms. The highest BCUT2D eigenvalue weighted by Gasteiger charge is 2.31. The quantitative estimate of drug-likeness (QED) is 0.609. The van der Waals surface area contributed by atoms with E-state index in [1.807, 2.05) is 30.3 Å². The molecule has 0 bridgehead atoms. The lowest BCUT2D eigenvalue weighted by Crippen LogP contribution is -2.30. The average molecular weight is 406 g/mol. The van der Waals surface area contributed by atoms with Gasteiger partial charge in [0.2, 0.25) is 5.91 Å². The number of hydrogen-bond acceptors (Lipinski definition) is 5. The first-order chi connectivity index (χ1) is 14.6. The molecule has 1 heterocycles. The van der Waals surface area contributed by atoms with Crippen LogP contribution in [-0.4, -0.2) is 32.8 Å². The van der Waals surface area contributed by atoms with Gasteiger partial charge in [-0.3, -0.25) is 4.79 Å². The van der Waals surface area contributed by atoms with E-state index >= 15 is 0 Å². The second-order valence-electron chi connectivity index (χ2n) is 7.06. The third-order valence-corrected chi connectivity index (χ3v) is 4.81. The number of aromatic nitrogens is 3. The van der Waals surface area contributed by atoms with Crippen molar-refractivity contribution in [2.75, 3.05) is 11.9 Å². The molecule has 3 aromatic rings. The fourth-order valence-electron chi connectivity index (χ4n) is 3.26. The SMILES string of the molecule is CCOC(=O)c1ccccc1NC(=O)Cn1nc(C2CC2)n(-c2ccccc2)c1=O. The van der Waals surface area contributed by atoms with E-state index in [-0.39, 0.29) is 30.3 Å². The minimum absolute atomic E-state index is 0.228. The van der Waals surface area contributed by atoms with Crippen molar-refractivity contribution in [3.8, 4) is 5.69 Å². The highest BCUT2D eigenvalue weighted by atomic mass is 16.5. The van der Waals surface area contributed by atoms with E-state index in [0.717, 1.165) is 18.5 Å². The largest absolute Gasteiger partial charge is 0.462 e. The normalized spacial score (nSPS) is 13.1. The van der Waals surface area contributed by atoms with Crippen LogP contribution >= 0.6 is 0 Å². The molecule has 2 aromatic carbocycles. The lowest BCUT2D eigenvalue weighted by molar-refractivity contribution is -0.117. The number of nitrogens with one attached hydrogen (secondary N) is 1. The van der Waals surface area contributed by atoms with Crippen molar-refractivity contribution in [3.63, 3.8) is 0 Å². The molecule has 0 saturated heterocycles. The van der Waals surface area contributed by atoms with Crippen LogP contribution in [0.4, 0.5) is 5.69 Å². The number of nitrogens with zero attached hydrogens (tertiary/aromatic N) is 3. The molecule has 0 spiro atoms. The number of anilines is 1. The Morgan fingerprint density at radius 1 is 1.10 bits per heavy atom. The van der Waals surface area contributed by atoms with E-state index in [9.17, 15) is 14.4 Å². The van der Waals surface area contributed by atoms with Crippen LogP contribution < -0.4 is 11.0 Å². The molecule has 0 radical (unpaired) electrons. The Labute approximate surface area is 173 Å². The zero-order valence-electron chi connectivity index (χ0n) is 16.6. The van der Waals surface area contributed by atoms with Gasteiger partial charge < -0.3 is 10.1 Å². The molecule has 1 aromatic heterocycles. The number of rotatable bonds is 7. The summed E-state index contributed by atoms with van der Waals surface area (Å²) in [6.07, 6.45) is 1.95. The molecule has 1 aliphatic carbocycles. The molecule has 154 valence electrons. The monoisotopic (exact) mass is 406 g/mol. The van der Waals surface area contributed by atoms with Crippen molar-refractivity contribution >= 4 is 17.6 Å². The van der Waals surface area contributed by atoms with Crippen LogP contribution in [-0.2, 0) is 16.1 Å². The first-order valence-corrected chi connectivity index (χ1v) is 9.89. The van der Waals surface area contributed by atoms with E-state index in [4.69, 9.17) is 4.74 Å². The molecule has 1 fully saturated rings. The van der Waals surface area contributed by atoms with Crippen molar-refractivity contribution in [2.24, 2.45) is 0 Å². The predicted molar refractivity (Wildman–Crippen MR) is 111 cm³/mol. The Bertz CT molecular complexity index is 1130. The summed E-state index contributed by atoms with van der Waals surface area (Å²) >= 11 is 0. The van der Waals surface area contributed by atoms with Gasteiger partial charge in [0.05, 0.1) is 23.5 Å². The van der Waals surface area contributed by atoms with Gasteiger partial charge in [-0.2, -0.15) is 5.10 Å². The second kappa shape index (κ2) is 8.36. The van der Waals surface area contributed by atoms with Gasteiger partial charge in [-0.25, -0.2) is 18.8 Å². The zero-order chi connectivity index (χ0) is 21.1. The van der Waals surface area contributed by atoms with E-state index in [1.54, 1.807) is 35.8 Å². The van der Waals surface area contributed by atoms with E-state index in [0.29, 0.717) is 11.5 Å². The van der Waals surface area contributed by atoms with Gasteiger partial charge in [0.1, 0.15) is 12.4 Å². The summed E-state index contributed by atoms with van der Waals surface area (Å²) in [6, 6.07) is 15.9. The Balaban J connectivity index is 1.58. The molecule has 8 nitrogen and oxygen atoms in total. The topological polar surface area (TPSA) is 95.2 Å². The van der Waals surface area contributed by atoms with Crippen molar-refractivity contribution in [1.29, 1.82) is 0 Å². The molecule has 1 amide bonds. The Hall–Kier alpha value is -3.68. The lowest BCUT2D eigenvalue weighted by Gasteiger charge is -2.10. The third kappa shape index (κ3) is 4.03. The number of para-hydroxylation sites is 2. The summed E-state index contributed by atoms with van der Waals surface area (Å²) < 4.78 is 7.76. The maximum Gasteiger partial charge on any atom is 0.351 e. The van der Waals surface area contributed by atoms with Crippen LogP contribution in [0.1, 0.15) is 41.9 Å². The number of carbonyl (C=O) groups is 2. The van der Waals surface area contributed by atoms with Gasteiger partial charge in [-0.1, -0.05) is 30.3 Å². The summed E-state index contributed by atoms with van der Waals surface area (Å²) in [4.78, 5) is 37.7. The van der Waals surface area contributed by atoms with Crippen LogP contribution in [0.2, 0.25) is 0 Å². The lowest BCUT2D eigenvalue weighted by atomic mass is 10.2. The van der Waals surface area contributed by atoms with Crippen molar-refractivity contribution in [2.45, 2.75) is 32.2 Å². The Morgan fingerprint density at radius 2 is 1.80 bits per heavy atom. The average Bonchev–Trinajstić information content (AvgIpc) is 3.54. The van der Waals surface area contributed by atoms with Gasteiger partial charge in [0.25, 0.3) is 0 Å².